The molecule has 0 aliphatic carbocycles. The second-order valence-electron chi connectivity index (χ2n) is 4.40. The Bertz CT molecular complexity index is 704. The minimum absolute atomic E-state index is 0.0817. The van der Waals surface area contributed by atoms with Crippen LogP contribution in [0.3, 0.4) is 0 Å². The van der Waals surface area contributed by atoms with Crippen LogP contribution in [-0.2, 0) is 4.79 Å². The highest BCUT2D eigenvalue weighted by Crippen LogP contribution is 2.29. The van der Waals surface area contributed by atoms with E-state index in [0.717, 1.165) is 0 Å². The maximum absolute atomic E-state index is 10.9. The molecule has 0 bridgehead atoms. The zero-order valence-corrected chi connectivity index (χ0v) is 11.3. The van der Waals surface area contributed by atoms with Crippen LogP contribution < -0.4 is 4.74 Å². The van der Waals surface area contributed by atoms with E-state index in [1.165, 1.54) is 31.2 Å². The minimum atomic E-state index is -0.519. The zero-order valence-electron chi connectivity index (χ0n) is 11.3. The van der Waals surface area contributed by atoms with Crippen LogP contribution in [0.2, 0.25) is 0 Å². The standard InChI is InChI=1S/C16H14O5/c1-10(17)21-16-9-12(5-7-14(16)19)3-2-11-4-6-13(18)15(20)8-11/h2-9,18-20H,1H3/b3-2+. The highest BCUT2D eigenvalue weighted by Gasteiger charge is 2.05. The third kappa shape index (κ3) is 3.76. The smallest absolute Gasteiger partial charge is 0.308 e. The van der Waals surface area contributed by atoms with Crippen molar-refractivity contribution in [3.8, 4) is 23.0 Å². The number of benzene rings is 2. The van der Waals surface area contributed by atoms with Gasteiger partial charge in [0.2, 0.25) is 0 Å². The second-order valence-corrected chi connectivity index (χ2v) is 4.40. The molecule has 0 saturated heterocycles. The van der Waals surface area contributed by atoms with Gasteiger partial charge in [-0.2, -0.15) is 0 Å². The molecule has 0 fully saturated rings. The summed E-state index contributed by atoms with van der Waals surface area (Å²) in [5.74, 6) is -0.949. The van der Waals surface area contributed by atoms with Gasteiger partial charge in [0.05, 0.1) is 0 Å². The first-order valence-corrected chi connectivity index (χ1v) is 6.17. The van der Waals surface area contributed by atoms with Crippen molar-refractivity contribution in [2.45, 2.75) is 6.92 Å². The van der Waals surface area contributed by atoms with Gasteiger partial charge in [-0.25, -0.2) is 0 Å². The predicted octanol–water partition coefficient (Wildman–Crippen LogP) is 2.90. The van der Waals surface area contributed by atoms with Crippen molar-refractivity contribution in [2.75, 3.05) is 0 Å². The average molecular weight is 286 g/mol. The van der Waals surface area contributed by atoms with E-state index < -0.39 is 5.97 Å². The fourth-order valence-electron chi connectivity index (χ4n) is 1.71. The van der Waals surface area contributed by atoms with Crippen molar-refractivity contribution in [1.29, 1.82) is 0 Å². The molecule has 0 amide bonds. The van der Waals surface area contributed by atoms with Crippen LogP contribution >= 0.6 is 0 Å². The Morgan fingerprint density at radius 3 is 2.05 bits per heavy atom. The van der Waals surface area contributed by atoms with Gasteiger partial charge in [-0.05, 0) is 35.4 Å². The molecule has 0 radical (unpaired) electrons. The molecule has 5 heteroatoms. The van der Waals surface area contributed by atoms with Crippen molar-refractivity contribution in [3.63, 3.8) is 0 Å². The summed E-state index contributed by atoms with van der Waals surface area (Å²) in [6, 6.07) is 9.03. The zero-order chi connectivity index (χ0) is 15.4. The van der Waals surface area contributed by atoms with Gasteiger partial charge in [0, 0.05) is 6.92 Å². The number of phenols is 3. The summed E-state index contributed by atoms with van der Waals surface area (Å²) in [6.45, 7) is 1.25. The van der Waals surface area contributed by atoms with Crippen molar-refractivity contribution < 1.29 is 24.9 Å². The molecule has 2 aromatic rings. The summed E-state index contributed by atoms with van der Waals surface area (Å²) in [5, 5.41) is 28.2. The fraction of sp³-hybridized carbons (Fsp3) is 0.0625. The summed E-state index contributed by atoms with van der Waals surface area (Å²) < 4.78 is 4.88. The number of carbonyl (C=O) groups is 1. The number of ether oxygens (including phenoxy) is 1. The quantitative estimate of drug-likeness (QED) is 0.349. The van der Waals surface area contributed by atoms with Gasteiger partial charge in [0.25, 0.3) is 0 Å². The Hall–Kier alpha value is -2.95. The van der Waals surface area contributed by atoms with Gasteiger partial charge < -0.3 is 20.1 Å². The van der Waals surface area contributed by atoms with E-state index in [2.05, 4.69) is 0 Å². The van der Waals surface area contributed by atoms with Crippen molar-refractivity contribution in [3.05, 3.63) is 47.5 Å². The minimum Gasteiger partial charge on any atom is -0.504 e. The van der Waals surface area contributed by atoms with Gasteiger partial charge in [0.15, 0.2) is 23.0 Å². The van der Waals surface area contributed by atoms with Gasteiger partial charge in [0.1, 0.15) is 0 Å². The summed E-state index contributed by atoms with van der Waals surface area (Å²) in [5.41, 5.74) is 1.39. The monoisotopic (exact) mass is 286 g/mol. The van der Waals surface area contributed by atoms with Gasteiger partial charge >= 0.3 is 5.97 Å². The van der Waals surface area contributed by atoms with Crippen LogP contribution in [0.1, 0.15) is 18.1 Å². The second kappa shape index (κ2) is 6.00. The molecule has 108 valence electrons. The number of phenolic OH excluding ortho intramolecular Hbond substituents is 3. The molecule has 0 saturated carbocycles. The summed E-state index contributed by atoms with van der Waals surface area (Å²) in [4.78, 5) is 10.9. The maximum atomic E-state index is 10.9. The summed E-state index contributed by atoms with van der Waals surface area (Å²) in [7, 11) is 0. The van der Waals surface area contributed by atoms with E-state index in [1.54, 1.807) is 24.3 Å². The SMILES string of the molecule is CC(=O)Oc1cc(/C=C/c2ccc(O)c(O)c2)ccc1O. The number of aromatic hydroxyl groups is 3. The first kappa shape index (κ1) is 14.5. The van der Waals surface area contributed by atoms with Crippen LogP contribution in [0.5, 0.6) is 23.0 Å². The van der Waals surface area contributed by atoms with Crippen LogP contribution in [0.4, 0.5) is 0 Å². The lowest BCUT2D eigenvalue weighted by Crippen LogP contribution is -2.01. The number of carbonyl (C=O) groups excluding carboxylic acids is 1. The first-order chi connectivity index (χ1) is 9.95. The van der Waals surface area contributed by atoms with Crippen molar-refractivity contribution in [2.24, 2.45) is 0 Å². The molecule has 2 rings (SSSR count). The Kier molecular flexibility index (Phi) is 4.13. The van der Waals surface area contributed by atoms with E-state index in [4.69, 9.17) is 4.74 Å². The van der Waals surface area contributed by atoms with Gasteiger partial charge in [-0.3, -0.25) is 4.79 Å². The lowest BCUT2D eigenvalue weighted by Gasteiger charge is -2.05. The van der Waals surface area contributed by atoms with Crippen LogP contribution in [0.25, 0.3) is 12.2 Å². The van der Waals surface area contributed by atoms with Crippen molar-refractivity contribution >= 4 is 18.1 Å². The molecule has 0 spiro atoms. The van der Waals surface area contributed by atoms with Crippen LogP contribution in [0, 0.1) is 0 Å². The maximum Gasteiger partial charge on any atom is 0.308 e. The lowest BCUT2D eigenvalue weighted by atomic mass is 10.1. The highest BCUT2D eigenvalue weighted by molar-refractivity contribution is 5.74. The average Bonchev–Trinajstić information content (AvgIpc) is 2.43. The molecular formula is C16H14O5. The molecule has 5 nitrogen and oxygen atoms in total. The Morgan fingerprint density at radius 2 is 1.48 bits per heavy atom. The Morgan fingerprint density at radius 1 is 0.905 bits per heavy atom. The number of hydrogen-bond acceptors (Lipinski definition) is 5. The molecule has 0 heterocycles. The highest BCUT2D eigenvalue weighted by atomic mass is 16.5. The molecule has 0 unspecified atom stereocenters. The van der Waals surface area contributed by atoms with E-state index in [9.17, 15) is 20.1 Å². The number of esters is 1. The molecule has 0 aliphatic rings. The van der Waals surface area contributed by atoms with Crippen LogP contribution in [-0.4, -0.2) is 21.3 Å². The van der Waals surface area contributed by atoms with Crippen molar-refractivity contribution in [1.82, 2.24) is 0 Å². The number of hydrogen-bond donors (Lipinski definition) is 3. The Labute approximate surface area is 121 Å². The fourth-order valence-corrected chi connectivity index (χ4v) is 1.71. The third-order valence-electron chi connectivity index (χ3n) is 2.71. The van der Waals surface area contributed by atoms with Gasteiger partial charge in [-0.1, -0.05) is 24.3 Å². The largest absolute Gasteiger partial charge is 0.504 e. The molecule has 21 heavy (non-hydrogen) atoms. The first-order valence-electron chi connectivity index (χ1n) is 6.17. The molecule has 2 aromatic carbocycles. The van der Waals surface area contributed by atoms with E-state index in [0.29, 0.717) is 11.1 Å². The van der Waals surface area contributed by atoms with Gasteiger partial charge in [-0.15, -0.1) is 0 Å². The normalized spacial score (nSPS) is 10.7. The van der Waals surface area contributed by atoms with E-state index >= 15 is 0 Å². The van der Waals surface area contributed by atoms with Crippen LogP contribution in [0.15, 0.2) is 36.4 Å². The molecule has 3 N–H and O–H groups in total. The molecule has 0 atom stereocenters. The molecule has 0 aromatic heterocycles. The summed E-state index contributed by atoms with van der Waals surface area (Å²) >= 11 is 0. The third-order valence-corrected chi connectivity index (χ3v) is 2.71. The molecular weight excluding hydrogens is 272 g/mol. The van der Waals surface area contributed by atoms with E-state index in [-0.39, 0.29) is 23.0 Å². The summed E-state index contributed by atoms with van der Waals surface area (Å²) in [6.07, 6.45) is 3.43. The molecule has 0 aliphatic heterocycles. The van der Waals surface area contributed by atoms with E-state index in [1.807, 2.05) is 0 Å². The topological polar surface area (TPSA) is 87.0 Å². The lowest BCUT2D eigenvalue weighted by molar-refractivity contribution is -0.132. The number of rotatable bonds is 3. The predicted molar refractivity (Wildman–Crippen MR) is 78.1 cm³/mol. The Balaban J connectivity index is 2.24.